The molecule has 1 heterocycles. The summed E-state index contributed by atoms with van der Waals surface area (Å²) in [5.74, 6) is -0.0398. The summed E-state index contributed by atoms with van der Waals surface area (Å²) in [6.45, 7) is 8.58. The number of carbonyl (C=O) groups is 2. The monoisotopic (exact) mass is 318 g/mol. The Morgan fingerprint density at radius 3 is 2.48 bits per heavy atom. The fraction of sp³-hybridized carbons (Fsp3) is 0.556. The number of nitrogens with zero attached hydrogens (tertiary/aromatic N) is 2. The molecule has 0 aliphatic carbocycles. The summed E-state index contributed by atoms with van der Waals surface area (Å²) in [5, 5.41) is 0. The van der Waals surface area contributed by atoms with Crippen LogP contribution in [0.1, 0.15) is 40.5 Å². The summed E-state index contributed by atoms with van der Waals surface area (Å²) in [4.78, 5) is 28.6. The summed E-state index contributed by atoms with van der Waals surface area (Å²) >= 11 is 0. The number of ether oxygens (including phenoxy) is 1. The lowest BCUT2D eigenvalue weighted by molar-refractivity contribution is -0.122. The molecule has 0 unspecified atom stereocenters. The Labute approximate surface area is 138 Å². The normalized spacial score (nSPS) is 17.9. The van der Waals surface area contributed by atoms with E-state index in [1.807, 2.05) is 58.0 Å². The molecule has 1 saturated heterocycles. The number of anilines is 1. The molecule has 1 aromatic rings. The largest absolute Gasteiger partial charge is 0.444 e. The molecular weight excluding hydrogens is 292 g/mol. The van der Waals surface area contributed by atoms with Crippen molar-refractivity contribution in [1.82, 2.24) is 4.90 Å². The molecule has 5 heteroatoms. The van der Waals surface area contributed by atoms with Crippen LogP contribution in [-0.2, 0) is 9.53 Å². The topological polar surface area (TPSA) is 49.9 Å². The van der Waals surface area contributed by atoms with Gasteiger partial charge in [-0.3, -0.25) is 9.69 Å². The molecule has 126 valence electrons. The molecule has 0 saturated carbocycles. The van der Waals surface area contributed by atoms with Crippen molar-refractivity contribution in [3.63, 3.8) is 0 Å². The van der Waals surface area contributed by atoms with Crippen LogP contribution in [0, 0.1) is 0 Å². The van der Waals surface area contributed by atoms with Gasteiger partial charge in [0.1, 0.15) is 11.6 Å². The molecule has 0 aromatic heterocycles. The van der Waals surface area contributed by atoms with Crippen LogP contribution in [-0.4, -0.2) is 41.6 Å². The smallest absolute Gasteiger partial charge is 0.410 e. The van der Waals surface area contributed by atoms with Gasteiger partial charge in [-0.05, 0) is 52.7 Å². The Balaban J connectivity index is 2.15. The van der Waals surface area contributed by atoms with Gasteiger partial charge in [0.05, 0.1) is 0 Å². The van der Waals surface area contributed by atoms with Crippen molar-refractivity contribution in [2.45, 2.75) is 52.2 Å². The molecule has 2 amide bonds. The molecule has 0 bridgehead atoms. The van der Waals surface area contributed by atoms with Gasteiger partial charge in [0.15, 0.2) is 0 Å². The highest BCUT2D eigenvalue weighted by molar-refractivity contribution is 5.98. The first-order valence-electron chi connectivity index (χ1n) is 8.19. The molecule has 2 rings (SSSR count). The van der Waals surface area contributed by atoms with Gasteiger partial charge >= 0.3 is 6.09 Å². The standard InChI is InChI=1S/C18H26N2O3/c1-5-19(14-10-7-6-8-11-14)16(21)15-12-9-13-20(15)17(22)23-18(2,3)4/h6-8,10-11,15H,5,9,12-13H2,1-4H3/t15-/m0/s1. The number of hydrogen-bond acceptors (Lipinski definition) is 3. The number of likely N-dealkylation sites (N-methyl/N-ethyl adjacent to an activating group) is 1. The zero-order valence-electron chi connectivity index (χ0n) is 14.4. The van der Waals surface area contributed by atoms with Gasteiger partial charge in [-0.1, -0.05) is 18.2 Å². The van der Waals surface area contributed by atoms with E-state index in [1.165, 1.54) is 0 Å². The third-order valence-electron chi connectivity index (χ3n) is 3.82. The predicted molar refractivity (Wildman–Crippen MR) is 90.4 cm³/mol. The average Bonchev–Trinajstić information content (AvgIpc) is 2.97. The van der Waals surface area contributed by atoms with E-state index in [4.69, 9.17) is 4.74 Å². The van der Waals surface area contributed by atoms with Gasteiger partial charge in [0.25, 0.3) is 0 Å². The van der Waals surface area contributed by atoms with Crippen LogP contribution in [0.2, 0.25) is 0 Å². The Bertz CT molecular complexity index is 551. The number of carbonyl (C=O) groups excluding carboxylic acids is 2. The van der Waals surface area contributed by atoms with Gasteiger partial charge in [-0.25, -0.2) is 4.79 Å². The highest BCUT2D eigenvalue weighted by atomic mass is 16.6. The molecule has 1 aliphatic rings. The minimum absolute atomic E-state index is 0.0398. The SMILES string of the molecule is CCN(C(=O)[C@@H]1CCCN1C(=O)OC(C)(C)C)c1ccccc1. The molecule has 1 fully saturated rings. The predicted octanol–water partition coefficient (Wildman–Crippen LogP) is 3.44. The summed E-state index contributed by atoms with van der Waals surface area (Å²) in [6, 6.07) is 9.12. The molecule has 1 aromatic carbocycles. The average molecular weight is 318 g/mol. The minimum Gasteiger partial charge on any atom is -0.444 e. The third kappa shape index (κ3) is 4.24. The molecule has 1 aliphatic heterocycles. The van der Waals surface area contributed by atoms with Crippen LogP contribution in [0.4, 0.5) is 10.5 Å². The maximum atomic E-state index is 12.9. The van der Waals surface area contributed by atoms with E-state index >= 15 is 0 Å². The van der Waals surface area contributed by atoms with E-state index in [0.29, 0.717) is 19.5 Å². The Hall–Kier alpha value is -2.04. The maximum absolute atomic E-state index is 12.9. The quantitative estimate of drug-likeness (QED) is 0.858. The second kappa shape index (κ2) is 7.02. The van der Waals surface area contributed by atoms with Crippen LogP contribution in [0.25, 0.3) is 0 Å². The Morgan fingerprint density at radius 1 is 1.26 bits per heavy atom. The first-order valence-corrected chi connectivity index (χ1v) is 8.19. The maximum Gasteiger partial charge on any atom is 0.410 e. The molecule has 0 N–H and O–H groups in total. The van der Waals surface area contributed by atoms with Gasteiger partial charge in [-0.15, -0.1) is 0 Å². The zero-order valence-corrected chi connectivity index (χ0v) is 14.4. The number of amides is 2. The first kappa shape index (κ1) is 17.3. The number of hydrogen-bond donors (Lipinski definition) is 0. The fourth-order valence-electron chi connectivity index (χ4n) is 2.82. The van der Waals surface area contributed by atoms with Crippen LogP contribution < -0.4 is 4.90 Å². The third-order valence-corrected chi connectivity index (χ3v) is 3.82. The highest BCUT2D eigenvalue weighted by Gasteiger charge is 2.38. The number of benzene rings is 1. The van der Waals surface area contributed by atoms with E-state index in [1.54, 1.807) is 9.80 Å². The van der Waals surface area contributed by atoms with Crippen LogP contribution in [0.15, 0.2) is 30.3 Å². The summed E-state index contributed by atoms with van der Waals surface area (Å²) in [5.41, 5.74) is 0.299. The van der Waals surface area contributed by atoms with E-state index in [-0.39, 0.29) is 5.91 Å². The highest BCUT2D eigenvalue weighted by Crippen LogP contribution is 2.24. The Morgan fingerprint density at radius 2 is 1.91 bits per heavy atom. The van der Waals surface area contributed by atoms with Crippen molar-refractivity contribution in [2.75, 3.05) is 18.0 Å². The van der Waals surface area contributed by atoms with Crippen molar-refractivity contribution >= 4 is 17.7 Å². The lowest BCUT2D eigenvalue weighted by atomic mass is 10.1. The van der Waals surface area contributed by atoms with E-state index in [9.17, 15) is 9.59 Å². The van der Waals surface area contributed by atoms with Crippen LogP contribution >= 0.6 is 0 Å². The van der Waals surface area contributed by atoms with Gasteiger partial charge in [0, 0.05) is 18.8 Å². The van der Waals surface area contributed by atoms with Crippen molar-refractivity contribution in [2.24, 2.45) is 0 Å². The molecule has 5 nitrogen and oxygen atoms in total. The van der Waals surface area contributed by atoms with E-state index in [2.05, 4.69) is 0 Å². The van der Waals surface area contributed by atoms with Gasteiger partial charge in [0.2, 0.25) is 5.91 Å². The molecular formula is C18H26N2O3. The molecule has 0 spiro atoms. The summed E-state index contributed by atoms with van der Waals surface area (Å²) in [7, 11) is 0. The first-order chi connectivity index (χ1) is 10.8. The number of rotatable bonds is 3. The van der Waals surface area contributed by atoms with Crippen molar-refractivity contribution in [3.05, 3.63) is 30.3 Å². The minimum atomic E-state index is -0.558. The van der Waals surface area contributed by atoms with Crippen molar-refractivity contribution < 1.29 is 14.3 Å². The molecule has 0 radical (unpaired) electrons. The second-order valence-electron chi connectivity index (χ2n) is 6.75. The van der Waals surface area contributed by atoms with Crippen molar-refractivity contribution in [3.8, 4) is 0 Å². The lowest BCUT2D eigenvalue weighted by Gasteiger charge is -2.31. The zero-order chi connectivity index (χ0) is 17.0. The van der Waals surface area contributed by atoms with Gasteiger partial charge in [-0.2, -0.15) is 0 Å². The van der Waals surface area contributed by atoms with Crippen LogP contribution in [0.3, 0.4) is 0 Å². The van der Waals surface area contributed by atoms with Gasteiger partial charge < -0.3 is 9.64 Å². The van der Waals surface area contributed by atoms with Crippen LogP contribution in [0.5, 0.6) is 0 Å². The molecule has 23 heavy (non-hydrogen) atoms. The van der Waals surface area contributed by atoms with E-state index in [0.717, 1.165) is 12.1 Å². The number of likely N-dealkylation sites (tertiary alicyclic amines) is 1. The fourth-order valence-corrected chi connectivity index (χ4v) is 2.82. The Kier molecular flexibility index (Phi) is 5.29. The molecule has 1 atom stereocenters. The summed E-state index contributed by atoms with van der Waals surface area (Å²) < 4.78 is 5.44. The lowest BCUT2D eigenvalue weighted by Crippen LogP contribution is -2.49. The van der Waals surface area contributed by atoms with Crippen molar-refractivity contribution in [1.29, 1.82) is 0 Å². The second-order valence-corrected chi connectivity index (χ2v) is 6.75. The number of para-hydroxylation sites is 1. The summed E-state index contributed by atoms with van der Waals surface area (Å²) in [6.07, 6.45) is 1.10. The van der Waals surface area contributed by atoms with E-state index < -0.39 is 17.7 Å².